The van der Waals surface area contributed by atoms with E-state index in [-0.39, 0.29) is 5.82 Å². The summed E-state index contributed by atoms with van der Waals surface area (Å²) in [6, 6.07) is 27.2. The Kier molecular flexibility index (Phi) is 7.92. The first-order valence-electron chi connectivity index (χ1n) is 11.3. The highest BCUT2D eigenvalue weighted by Crippen LogP contribution is 2.29. The Balaban J connectivity index is 1.69. The molecule has 3 aromatic carbocycles. The van der Waals surface area contributed by atoms with Crippen LogP contribution in [-0.2, 0) is 5.75 Å². The number of rotatable bonds is 7. The number of halogens is 1. The fraction of sp³-hybridized carbons (Fsp3) is 0.0968. The average Bonchev–Trinajstić information content (AvgIpc) is 2.87. The van der Waals surface area contributed by atoms with Gasteiger partial charge in [0, 0.05) is 5.75 Å². The summed E-state index contributed by atoms with van der Waals surface area (Å²) in [5, 5.41) is 10.6. The second-order valence-corrected chi connectivity index (χ2v) is 9.30. The Morgan fingerprint density at radius 3 is 1.94 bits per heavy atom. The molecule has 0 fully saturated rings. The van der Waals surface area contributed by atoms with Gasteiger partial charge in [-0.1, -0.05) is 90.0 Å². The standard InChI is InChI=1S/C31H25FN2S/c1-22-3-7-24(8-4-22)11-15-27-19-29(18-14-25-9-5-23(2)6-10-25)34-31(30(27)20-33)35-21-26-12-16-28(32)17-13-26/h3-19H,21H2,1-2H3. The van der Waals surface area contributed by atoms with Crippen LogP contribution in [0.1, 0.15) is 44.6 Å². The lowest BCUT2D eigenvalue weighted by atomic mass is 10.1. The van der Waals surface area contributed by atoms with Crippen LogP contribution in [-0.4, -0.2) is 4.98 Å². The zero-order valence-electron chi connectivity index (χ0n) is 19.7. The number of nitriles is 1. The van der Waals surface area contributed by atoms with E-state index in [0.717, 1.165) is 27.9 Å². The molecular formula is C31H25FN2S. The maximum Gasteiger partial charge on any atom is 0.123 e. The lowest BCUT2D eigenvalue weighted by Gasteiger charge is -2.09. The first-order valence-corrected chi connectivity index (χ1v) is 12.3. The summed E-state index contributed by atoms with van der Waals surface area (Å²) < 4.78 is 13.3. The largest absolute Gasteiger partial charge is 0.241 e. The molecule has 4 rings (SSSR count). The van der Waals surface area contributed by atoms with Gasteiger partial charge in [-0.3, -0.25) is 0 Å². The van der Waals surface area contributed by atoms with Crippen LogP contribution >= 0.6 is 11.8 Å². The molecule has 0 N–H and O–H groups in total. The van der Waals surface area contributed by atoms with Gasteiger partial charge in [-0.05, 0) is 60.4 Å². The molecule has 1 aromatic heterocycles. The van der Waals surface area contributed by atoms with Gasteiger partial charge in [0.25, 0.3) is 0 Å². The molecule has 1 heterocycles. The molecule has 0 amide bonds. The van der Waals surface area contributed by atoms with E-state index < -0.39 is 0 Å². The maximum absolute atomic E-state index is 13.3. The number of thioether (sulfide) groups is 1. The van der Waals surface area contributed by atoms with E-state index in [4.69, 9.17) is 4.98 Å². The van der Waals surface area contributed by atoms with Crippen molar-refractivity contribution in [3.63, 3.8) is 0 Å². The van der Waals surface area contributed by atoms with E-state index >= 15 is 0 Å². The minimum Gasteiger partial charge on any atom is -0.241 e. The highest BCUT2D eigenvalue weighted by molar-refractivity contribution is 7.98. The third-order valence-electron chi connectivity index (χ3n) is 5.49. The number of hydrogen-bond acceptors (Lipinski definition) is 3. The molecule has 0 saturated heterocycles. The molecular weight excluding hydrogens is 451 g/mol. The summed E-state index contributed by atoms with van der Waals surface area (Å²) >= 11 is 1.48. The smallest absolute Gasteiger partial charge is 0.123 e. The third kappa shape index (κ3) is 6.79. The summed E-state index contributed by atoms with van der Waals surface area (Å²) in [7, 11) is 0. The Hall–Kier alpha value is -3.94. The van der Waals surface area contributed by atoms with Crippen LogP contribution in [0.15, 0.2) is 83.9 Å². The quantitative estimate of drug-likeness (QED) is 0.252. The van der Waals surface area contributed by atoms with E-state index in [9.17, 15) is 9.65 Å². The van der Waals surface area contributed by atoms with Crippen molar-refractivity contribution in [1.29, 1.82) is 5.26 Å². The second kappa shape index (κ2) is 11.5. The number of nitrogens with zero attached hydrogens (tertiary/aromatic N) is 2. The molecule has 0 unspecified atom stereocenters. The predicted octanol–water partition coefficient (Wildman–Crippen LogP) is 8.34. The van der Waals surface area contributed by atoms with E-state index in [1.807, 2.05) is 30.4 Å². The van der Waals surface area contributed by atoms with Crippen molar-refractivity contribution in [2.24, 2.45) is 0 Å². The molecule has 172 valence electrons. The fourth-order valence-corrected chi connectivity index (χ4v) is 4.42. The van der Waals surface area contributed by atoms with Gasteiger partial charge in [0.15, 0.2) is 0 Å². The highest BCUT2D eigenvalue weighted by atomic mass is 32.2. The van der Waals surface area contributed by atoms with E-state index in [0.29, 0.717) is 16.3 Å². The van der Waals surface area contributed by atoms with Crippen LogP contribution in [0, 0.1) is 31.0 Å². The molecule has 0 radical (unpaired) electrons. The third-order valence-corrected chi connectivity index (χ3v) is 6.54. The monoisotopic (exact) mass is 476 g/mol. The average molecular weight is 477 g/mol. The molecule has 35 heavy (non-hydrogen) atoms. The molecule has 4 heteroatoms. The minimum absolute atomic E-state index is 0.263. The van der Waals surface area contributed by atoms with E-state index in [2.05, 4.69) is 68.4 Å². The van der Waals surface area contributed by atoms with Crippen molar-refractivity contribution in [1.82, 2.24) is 4.98 Å². The molecule has 2 nitrogen and oxygen atoms in total. The number of hydrogen-bond donors (Lipinski definition) is 0. The van der Waals surface area contributed by atoms with Crippen molar-refractivity contribution in [3.05, 3.63) is 129 Å². The van der Waals surface area contributed by atoms with Crippen LogP contribution in [0.2, 0.25) is 0 Å². The lowest BCUT2D eigenvalue weighted by molar-refractivity contribution is 0.627. The molecule has 0 spiro atoms. The molecule has 0 aliphatic heterocycles. The van der Waals surface area contributed by atoms with Crippen molar-refractivity contribution in [2.45, 2.75) is 24.6 Å². The summed E-state index contributed by atoms with van der Waals surface area (Å²) in [5.74, 6) is 0.329. The Morgan fingerprint density at radius 1 is 0.800 bits per heavy atom. The van der Waals surface area contributed by atoms with Crippen LogP contribution in [0.3, 0.4) is 0 Å². The van der Waals surface area contributed by atoms with Crippen LogP contribution in [0.5, 0.6) is 0 Å². The SMILES string of the molecule is Cc1ccc(C=Cc2cc(C=Cc3ccc(C)cc3)c(C#N)c(SCc3ccc(F)cc3)n2)cc1. The minimum atomic E-state index is -0.263. The van der Waals surface area contributed by atoms with Gasteiger partial charge in [0.2, 0.25) is 0 Å². The summed E-state index contributed by atoms with van der Waals surface area (Å²) in [6.07, 6.45) is 7.97. The molecule has 0 aliphatic carbocycles. The van der Waals surface area contributed by atoms with Crippen molar-refractivity contribution in [3.8, 4) is 6.07 Å². The molecule has 0 bridgehead atoms. The van der Waals surface area contributed by atoms with E-state index in [1.54, 1.807) is 12.1 Å². The van der Waals surface area contributed by atoms with Crippen LogP contribution < -0.4 is 0 Å². The predicted molar refractivity (Wildman–Crippen MR) is 145 cm³/mol. The van der Waals surface area contributed by atoms with Crippen molar-refractivity contribution >= 4 is 36.1 Å². The summed E-state index contributed by atoms with van der Waals surface area (Å²) in [4.78, 5) is 4.78. The van der Waals surface area contributed by atoms with Crippen molar-refractivity contribution in [2.75, 3.05) is 0 Å². The first kappa shape index (κ1) is 24.2. The molecule has 0 saturated carbocycles. The molecule has 0 atom stereocenters. The summed E-state index contributed by atoms with van der Waals surface area (Å²) in [6.45, 7) is 4.12. The molecule has 0 aliphatic rings. The van der Waals surface area contributed by atoms with Gasteiger partial charge >= 0.3 is 0 Å². The highest BCUT2D eigenvalue weighted by Gasteiger charge is 2.12. The fourth-order valence-electron chi connectivity index (χ4n) is 3.45. The van der Waals surface area contributed by atoms with Gasteiger partial charge in [0.1, 0.15) is 16.9 Å². The second-order valence-electron chi connectivity index (χ2n) is 8.33. The van der Waals surface area contributed by atoms with Crippen LogP contribution in [0.4, 0.5) is 4.39 Å². The Labute approximate surface area is 210 Å². The van der Waals surface area contributed by atoms with Gasteiger partial charge in [-0.25, -0.2) is 9.37 Å². The Morgan fingerprint density at radius 2 is 1.37 bits per heavy atom. The normalized spacial score (nSPS) is 11.3. The maximum atomic E-state index is 13.3. The molecule has 4 aromatic rings. The van der Waals surface area contributed by atoms with Gasteiger partial charge in [-0.15, -0.1) is 11.8 Å². The van der Waals surface area contributed by atoms with Gasteiger partial charge < -0.3 is 0 Å². The zero-order chi connectivity index (χ0) is 24.6. The first-order chi connectivity index (χ1) is 17.0. The number of benzene rings is 3. The number of aromatic nitrogens is 1. The zero-order valence-corrected chi connectivity index (χ0v) is 20.5. The topological polar surface area (TPSA) is 36.7 Å². The lowest BCUT2D eigenvalue weighted by Crippen LogP contribution is -1.95. The summed E-state index contributed by atoms with van der Waals surface area (Å²) in [5.41, 5.74) is 7.65. The van der Waals surface area contributed by atoms with Gasteiger partial charge in [0.05, 0.1) is 11.3 Å². The van der Waals surface area contributed by atoms with E-state index in [1.165, 1.54) is 35.0 Å². The Bertz CT molecular complexity index is 1400. The van der Waals surface area contributed by atoms with Gasteiger partial charge in [-0.2, -0.15) is 5.26 Å². The van der Waals surface area contributed by atoms with Crippen LogP contribution in [0.25, 0.3) is 24.3 Å². The van der Waals surface area contributed by atoms with Crippen molar-refractivity contribution < 1.29 is 4.39 Å². The number of aryl methyl sites for hydroxylation is 2. The number of pyridine rings is 1.